The molecule has 2 nitrogen and oxygen atoms in total. The summed E-state index contributed by atoms with van der Waals surface area (Å²) in [5, 5.41) is 0. The Morgan fingerprint density at radius 1 is 1.25 bits per heavy atom. The van der Waals surface area contributed by atoms with Crippen molar-refractivity contribution in [3.8, 4) is 5.75 Å². The first kappa shape index (κ1) is 12.5. The summed E-state index contributed by atoms with van der Waals surface area (Å²) in [6, 6.07) is 5.31. The quantitative estimate of drug-likeness (QED) is 0.797. The van der Waals surface area contributed by atoms with Crippen molar-refractivity contribution in [1.82, 2.24) is 0 Å². The third-order valence-electron chi connectivity index (χ3n) is 1.95. The Balaban J connectivity index is 2.64. The van der Waals surface area contributed by atoms with E-state index in [2.05, 4.69) is 4.74 Å². The second kappa shape index (κ2) is 5.01. The van der Waals surface area contributed by atoms with E-state index in [1.807, 2.05) is 0 Å². The first-order valence-corrected chi connectivity index (χ1v) is 4.77. The van der Waals surface area contributed by atoms with Crippen LogP contribution in [0.4, 0.5) is 13.2 Å². The van der Waals surface area contributed by atoms with Gasteiger partial charge in [-0.05, 0) is 17.7 Å². The number of rotatable bonds is 4. The number of ketones is 1. The molecule has 0 atom stereocenters. The maximum absolute atomic E-state index is 11.8. The predicted molar refractivity (Wildman–Crippen MR) is 52.1 cm³/mol. The fourth-order valence-electron chi connectivity index (χ4n) is 1.16. The molecule has 0 spiro atoms. The Morgan fingerprint density at radius 3 is 2.25 bits per heavy atom. The number of ether oxygens (including phenoxy) is 1. The number of alkyl halides is 3. The summed E-state index contributed by atoms with van der Waals surface area (Å²) in [6.45, 7) is 1.74. The molecule has 0 aliphatic carbocycles. The highest BCUT2D eigenvalue weighted by Crippen LogP contribution is 2.22. The van der Waals surface area contributed by atoms with Crippen LogP contribution < -0.4 is 4.74 Å². The van der Waals surface area contributed by atoms with Crippen molar-refractivity contribution in [3.63, 3.8) is 0 Å². The molecule has 0 aliphatic rings. The molecule has 0 saturated heterocycles. The zero-order valence-electron chi connectivity index (χ0n) is 8.67. The average Bonchev–Trinajstić information content (AvgIpc) is 2.18. The SMILES string of the molecule is CCC(=O)Cc1ccc(OC(F)(F)F)cc1. The number of hydrogen-bond acceptors (Lipinski definition) is 2. The van der Waals surface area contributed by atoms with Crippen LogP contribution in [0.15, 0.2) is 24.3 Å². The summed E-state index contributed by atoms with van der Waals surface area (Å²) < 4.78 is 39.2. The Labute approximate surface area is 91.0 Å². The summed E-state index contributed by atoms with van der Waals surface area (Å²) in [4.78, 5) is 11.1. The van der Waals surface area contributed by atoms with Crippen LogP contribution >= 0.6 is 0 Å². The largest absolute Gasteiger partial charge is 0.573 e. The molecule has 1 rings (SSSR count). The Kier molecular flexibility index (Phi) is 3.93. The molecule has 1 aromatic carbocycles. The van der Waals surface area contributed by atoms with Crippen molar-refractivity contribution in [2.45, 2.75) is 26.1 Å². The van der Waals surface area contributed by atoms with Crippen molar-refractivity contribution in [3.05, 3.63) is 29.8 Å². The third kappa shape index (κ3) is 4.33. The molecule has 0 saturated carbocycles. The van der Waals surface area contributed by atoms with E-state index in [9.17, 15) is 18.0 Å². The van der Waals surface area contributed by atoms with Crippen LogP contribution in [0.2, 0.25) is 0 Å². The third-order valence-corrected chi connectivity index (χ3v) is 1.95. The highest BCUT2D eigenvalue weighted by Gasteiger charge is 2.30. The number of carbonyl (C=O) groups is 1. The number of Topliss-reactive ketones (excluding diaryl/α,β-unsaturated/α-hetero) is 1. The molecule has 1 aromatic rings. The Hall–Kier alpha value is -1.52. The molecular formula is C11H11F3O2. The molecule has 5 heteroatoms. The number of halogens is 3. The van der Waals surface area contributed by atoms with Crippen LogP contribution in [0.3, 0.4) is 0 Å². The molecule has 16 heavy (non-hydrogen) atoms. The van der Waals surface area contributed by atoms with Gasteiger partial charge in [-0.15, -0.1) is 13.2 Å². The van der Waals surface area contributed by atoms with E-state index in [0.717, 1.165) is 0 Å². The summed E-state index contributed by atoms with van der Waals surface area (Å²) in [7, 11) is 0. The molecule has 0 radical (unpaired) electrons. The smallest absolute Gasteiger partial charge is 0.406 e. The molecule has 88 valence electrons. The van der Waals surface area contributed by atoms with Crippen LogP contribution in [0.25, 0.3) is 0 Å². The first-order valence-electron chi connectivity index (χ1n) is 4.77. The van der Waals surface area contributed by atoms with Crippen molar-refractivity contribution < 1.29 is 22.7 Å². The lowest BCUT2D eigenvalue weighted by molar-refractivity contribution is -0.274. The van der Waals surface area contributed by atoms with Gasteiger partial charge in [-0.25, -0.2) is 0 Å². The van der Waals surface area contributed by atoms with E-state index in [1.54, 1.807) is 6.92 Å². The van der Waals surface area contributed by atoms with Crippen molar-refractivity contribution >= 4 is 5.78 Å². The van der Waals surface area contributed by atoms with Crippen LogP contribution in [0.1, 0.15) is 18.9 Å². The van der Waals surface area contributed by atoms with Gasteiger partial charge in [-0.3, -0.25) is 4.79 Å². The van der Waals surface area contributed by atoms with Crippen LogP contribution in [0, 0.1) is 0 Å². The zero-order valence-corrected chi connectivity index (χ0v) is 8.67. The molecule has 0 heterocycles. The number of benzene rings is 1. The van der Waals surface area contributed by atoms with Gasteiger partial charge >= 0.3 is 6.36 Å². The van der Waals surface area contributed by atoms with Crippen LogP contribution in [0.5, 0.6) is 5.75 Å². The standard InChI is InChI=1S/C11H11F3O2/c1-2-9(15)7-8-3-5-10(6-4-8)16-11(12,13)14/h3-6H,2,7H2,1H3. The van der Waals surface area contributed by atoms with Gasteiger partial charge in [0, 0.05) is 12.8 Å². The van der Waals surface area contributed by atoms with Gasteiger partial charge in [-0.1, -0.05) is 19.1 Å². The van der Waals surface area contributed by atoms with E-state index in [-0.39, 0.29) is 18.0 Å². The lowest BCUT2D eigenvalue weighted by Gasteiger charge is -2.08. The predicted octanol–water partition coefficient (Wildman–Crippen LogP) is 3.11. The molecule has 0 N–H and O–H groups in total. The number of carbonyl (C=O) groups excluding carboxylic acids is 1. The maximum Gasteiger partial charge on any atom is 0.573 e. The summed E-state index contributed by atoms with van der Waals surface area (Å²) in [6.07, 6.45) is -4.02. The van der Waals surface area contributed by atoms with Gasteiger partial charge in [0.1, 0.15) is 11.5 Å². The summed E-state index contributed by atoms with van der Waals surface area (Å²) in [5.41, 5.74) is 0.682. The monoisotopic (exact) mass is 232 g/mol. The molecular weight excluding hydrogens is 221 g/mol. The summed E-state index contributed by atoms with van der Waals surface area (Å²) in [5.74, 6) is -0.232. The highest BCUT2D eigenvalue weighted by molar-refractivity contribution is 5.80. The molecule has 0 bridgehead atoms. The van der Waals surface area contributed by atoms with E-state index >= 15 is 0 Å². The van der Waals surface area contributed by atoms with Crippen LogP contribution in [-0.2, 0) is 11.2 Å². The topological polar surface area (TPSA) is 26.3 Å². The first-order chi connectivity index (χ1) is 7.40. The Bertz CT molecular complexity index is 354. The van der Waals surface area contributed by atoms with Gasteiger partial charge in [0.05, 0.1) is 0 Å². The van der Waals surface area contributed by atoms with E-state index < -0.39 is 6.36 Å². The van der Waals surface area contributed by atoms with Crippen LogP contribution in [-0.4, -0.2) is 12.1 Å². The van der Waals surface area contributed by atoms with Gasteiger partial charge < -0.3 is 4.74 Å². The second-order valence-electron chi connectivity index (χ2n) is 3.26. The van der Waals surface area contributed by atoms with Gasteiger partial charge in [0.25, 0.3) is 0 Å². The zero-order chi connectivity index (χ0) is 12.2. The minimum absolute atomic E-state index is 0.0458. The second-order valence-corrected chi connectivity index (χ2v) is 3.26. The average molecular weight is 232 g/mol. The minimum Gasteiger partial charge on any atom is -0.406 e. The van der Waals surface area contributed by atoms with Crippen molar-refractivity contribution in [2.75, 3.05) is 0 Å². The lowest BCUT2D eigenvalue weighted by Crippen LogP contribution is -2.17. The molecule has 0 aliphatic heterocycles. The van der Waals surface area contributed by atoms with Crippen molar-refractivity contribution in [2.24, 2.45) is 0 Å². The maximum atomic E-state index is 11.8. The van der Waals surface area contributed by atoms with E-state index in [0.29, 0.717) is 12.0 Å². The fraction of sp³-hybridized carbons (Fsp3) is 0.364. The fourth-order valence-corrected chi connectivity index (χ4v) is 1.16. The highest BCUT2D eigenvalue weighted by atomic mass is 19.4. The molecule has 0 fully saturated rings. The van der Waals surface area contributed by atoms with E-state index in [1.165, 1.54) is 24.3 Å². The van der Waals surface area contributed by atoms with Gasteiger partial charge in [0.15, 0.2) is 0 Å². The van der Waals surface area contributed by atoms with Crippen molar-refractivity contribution in [1.29, 1.82) is 0 Å². The van der Waals surface area contributed by atoms with E-state index in [4.69, 9.17) is 0 Å². The number of hydrogen-bond donors (Lipinski definition) is 0. The molecule has 0 unspecified atom stereocenters. The minimum atomic E-state index is -4.68. The summed E-state index contributed by atoms with van der Waals surface area (Å²) >= 11 is 0. The lowest BCUT2D eigenvalue weighted by atomic mass is 10.1. The van der Waals surface area contributed by atoms with Gasteiger partial charge in [-0.2, -0.15) is 0 Å². The molecule has 0 aromatic heterocycles. The van der Waals surface area contributed by atoms with Gasteiger partial charge in [0.2, 0.25) is 0 Å². The Morgan fingerprint density at radius 2 is 1.81 bits per heavy atom. The molecule has 0 amide bonds. The normalized spacial score (nSPS) is 11.2.